The Labute approximate surface area is 107 Å². The van der Waals surface area contributed by atoms with Crippen LogP contribution in [0.5, 0.6) is 0 Å². The number of halogens is 1. The Morgan fingerprint density at radius 1 is 1.65 bits per heavy atom. The molecule has 1 aromatic rings. The van der Waals surface area contributed by atoms with E-state index in [2.05, 4.69) is 12.0 Å². The maximum atomic E-state index is 6.36. The van der Waals surface area contributed by atoms with Gasteiger partial charge in [0.25, 0.3) is 0 Å². The van der Waals surface area contributed by atoms with Crippen molar-refractivity contribution in [2.75, 3.05) is 6.61 Å². The summed E-state index contributed by atoms with van der Waals surface area (Å²) < 4.78 is 7.74. The lowest BCUT2D eigenvalue weighted by atomic mass is 9.87. The number of aromatic nitrogens is 2. The monoisotopic (exact) mass is 257 g/mol. The summed E-state index contributed by atoms with van der Waals surface area (Å²) in [6.45, 7) is 5.65. The van der Waals surface area contributed by atoms with E-state index in [1.807, 2.05) is 11.6 Å². The highest BCUT2D eigenvalue weighted by molar-refractivity contribution is 6.31. The molecule has 5 heteroatoms. The quantitative estimate of drug-likeness (QED) is 0.905. The van der Waals surface area contributed by atoms with Crippen LogP contribution in [0.4, 0.5) is 0 Å². The van der Waals surface area contributed by atoms with Crippen LogP contribution < -0.4 is 5.73 Å². The third-order valence-electron chi connectivity index (χ3n) is 3.58. The summed E-state index contributed by atoms with van der Waals surface area (Å²) in [6.07, 6.45) is 4.90. The molecule has 1 saturated heterocycles. The van der Waals surface area contributed by atoms with Gasteiger partial charge in [0, 0.05) is 13.2 Å². The number of nitrogens with two attached hydrogens (primary N) is 1. The lowest BCUT2D eigenvalue weighted by molar-refractivity contribution is -0.0834. The lowest BCUT2D eigenvalue weighted by Gasteiger charge is -2.39. The molecule has 0 radical (unpaired) electrons. The first-order valence-electron chi connectivity index (χ1n) is 6.19. The molecule has 2 N–H and O–H groups in total. The van der Waals surface area contributed by atoms with Crippen LogP contribution in [0.1, 0.15) is 44.8 Å². The fourth-order valence-corrected chi connectivity index (χ4v) is 2.68. The molecule has 2 heterocycles. The molecule has 0 saturated carbocycles. The Bertz CT molecular complexity index is 385. The van der Waals surface area contributed by atoms with Crippen molar-refractivity contribution >= 4 is 11.6 Å². The molecular weight excluding hydrogens is 238 g/mol. The van der Waals surface area contributed by atoms with E-state index in [-0.39, 0.29) is 11.6 Å². The van der Waals surface area contributed by atoms with E-state index in [1.54, 1.807) is 6.20 Å². The molecule has 0 bridgehead atoms. The van der Waals surface area contributed by atoms with Crippen LogP contribution in [0.2, 0.25) is 5.02 Å². The molecule has 2 rings (SSSR count). The van der Waals surface area contributed by atoms with Gasteiger partial charge < -0.3 is 10.5 Å². The van der Waals surface area contributed by atoms with E-state index in [4.69, 9.17) is 22.1 Å². The molecule has 0 aliphatic carbocycles. The third kappa shape index (κ3) is 2.34. The van der Waals surface area contributed by atoms with Crippen LogP contribution in [0.3, 0.4) is 0 Å². The Kier molecular flexibility index (Phi) is 3.76. The second-order valence-electron chi connectivity index (χ2n) is 4.79. The lowest BCUT2D eigenvalue weighted by Crippen LogP contribution is -2.44. The molecule has 0 aromatic carbocycles. The van der Waals surface area contributed by atoms with Crippen molar-refractivity contribution < 1.29 is 4.74 Å². The van der Waals surface area contributed by atoms with E-state index >= 15 is 0 Å². The van der Waals surface area contributed by atoms with Crippen LogP contribution in [0.25, 0.3) is 0 Å². The van der Waals surface area contributed by atoms with E-state index in [9.17, 15) is 0 Å². The van der Waals surface area contributed by atoms with Crippen molar-refractivity contribution in [1.29, 1.82) is 0 Å². The number of nitrogens with zero attached hydrogens (tertiary/aromatic N) is 2. The fourth-order valence-electron chi connectivity index (χ4n) is 2.42. The Morgan fingerprint density at radius 3 is 3.00 bits per heavy atom. The third-order valence-corrected chi connectivity index (χ3v) is 3.88. The van der Waals surface area contributed by atoms with Gasteiger partial charge in [-0.25, -0.2) is 0 Å². The highest BCUT2D eigenvalue weighted by Crippen LogP contribution is 2.37. The summed E-state index contributed by atoms with van der Waals surface area (Å²) in [7, 11) is 0. The summed E-state index contributed by atoms with van der Waals surface area (Å²) in [5, 5.41) is 4.86. The van der Waals surface area contributed by atoms with Gasteiger partial charge in [0.1, 0.15) is 0 Å². The standard InChI is InChI=1S/C12H20ClN3O/c1-3-16-10(9(13)8-15-16)11(14)12(2)6-4-5-7-17-12/h8,11H,3-7,14H2,1-2H3. The minimum atomic E-state index is -0.325. The zero-order chi connectivity index (χ0) is 12.5. The van der Waals surface area contributed by atoms with Gasteiger partial charge in [-0.15, -0.1) is 0 Å². The molecule has 1 aliphatic rings. The zero-order valence-electron chi connectivity index (χ0n) is 10.4. The summed E-state index contributed by atoms with van der Waals surface area (Å²) in [5.74, 6) is 0. The van der Waals surface area contributed by atoms with Crippen LogP contribution in [0, 0.1) is 0 Å². The Morgan fingerprint density at radius 2 is 2.41 bits per heavy atom. The van der Waals surface area contributed by atoms with Crippen molar-refractivity contribution in [3.05, 3.63) is 16.9 Å². The fraction of sp³-hybridized carbons (Fsp3) is 0.750. The molecular formula is C12H20ClN3O. The molecule has 0 amide bonds. The highest BCUT2D eigenvalue weighted by Gasteiger charge is 2.38. The van der Waals surface area contributed by atoms with Gasteiger partial charge in [0.15, 0.2) is 0 Å². The summed E-state index contributed by atoms with van der Waals surface area (Å²) in [6, 6.07) is -0.224. The van der Waals surface area contributed by atoms with Crippen LogP contribution in [-0.4, -0.2) is 22.0 Å². The molecule has 1 aromatic heterocycles. The predicted octanol–water partition coefficient (Wildman–Crippen LogP) is 2.52. The SMILES string of the molecule is CCn1ncc(Cl)c1C(N)C1(C)CCCCO1. The molecule has 4 nitrogen and oxygen atoms in total. The normalized spacial score (nSPS) is 27.1. The van der Waals surface area contributed by atoms with Crippen molar-refractivity contribution in [3.8, 4) is 0 Å². The second-order valence-corrected chi connectivity index (χ2v) is 5.20. The second kappa shape index (κ2) is 4.96. The number of rotatable bonds is 3. The average Bonchev–Trinajstić information content (AvgIpc) is 2.70. The van der Waals surface area contributed by atoms with Crippen LogP contribution in [-0.2, 0) is 11.3 Å². The van der Waals surface area contributed by atoms with Gasteiger partial charge in [-0.3, -0.25) is 4.68 Å². The van der Waals surface area contributed by atoms with E-state index in [0.717, 1.165) is 38.1 Å². The van der Waals surface area contributed by atoms with Crippen molar-refractivity contribution in [2.45, 2.75) is 51.3 Å². The Hall–Kier alpha value is -0.580. The minimum Gasteiger partial charge on any atom is -0.373 e. The minimum absolute atomic E-state index is 0.224. The largest absolute Gasteiger partial charge is 0.373 e. The maximum Gasteiger partial charge on any atom is 0.0862 e. The van der Waals surface area contributed by atoms with E-state index in [0.29, 0.717) is 5.02 Å². The number of hydrogen-bond acceptors (Lipinski definition) is 3. The van der Waals surface area contributed by atoms with Gasteiger partial charge in [-0.1, -0.05) is 11.6 Å². The highest BCUT2D eigenvalue weighted by atomic mass is 35.5. The Balaban J connectivity index is 2.28. The molecule has 2 atom stereocenters. The molecule has 17 heavy (non-hydrogen) atoms. The molecule has 1 fully saturated rings. The van der Waals surface area contributed by atoms with E-state index in [1.165, 1.54) is 0 Å². The molecule has 0 spiro atoms. The smallest absolute Gasteiger partial charge is 0.0862 e. The van der Waals surface area contributed by atoms with E-state index < -0.39 is 0 Å². The van der Waals surface area contributed by atoms with Crippen molar-refractivity contribution in [1.82, 2.24) is 9.78 Å². The van der Waals surface area contributed by atoms with Gasteiger partial charge in [-0.2, -0.15) is 5.10 Å². The van der Waals surface area contributed by atoms with Crippen LogP contribution in [0.15, 0.2) is 6.20 Å². The van der Waals surface area contributed by atoms with Crippen molar-refractivity contribution in [2.24, 2.45) is 5.73 Å². The van der Waals surface area contributed by atoms with Gasteiger partial charge >= 0.3 is 0 Å². The predicted molar refractivity (Wildman–Crippen MR) is 68.0 cm³/mol. The topological polar surface area (TPSA) is 53.1 Å². The first-order chi connectivity index (χ1) is 8.08. The zero-order valence-corrected chi connectivity index (χ0v) is 11.2. The first kappa shape index (κ1) is 12.9. The van der Waals surface area contributed by atoms with Gasteiger partial charge in [-0.05, 0) is 33.1 Å². The number of hydrogen-bond donors (Lipinski definition) is 1. The summed E-state index contributed by atoms with van der Waals surface area (Å²) >= 11 is 6.18. The maximum absolute atomic E-state index is 6.36. The van der Waals surface area contributed by atoms with Gasteiger partial charge in [0.05, 0.1) is 28.6 Å². The summed E-state index contributed by atoms with van der Waals surface area (Å²) in [4.78, 5) is 0. The van der Waals surface area contributed by atoms with Crippen LogP contribution >= 0.6 is 11.6 Å². The summed E-state index contributed by atoms with van der Waals surface area (Å²) in [5.41, 5.74) is 6.92. The molecule has 96 valence electrons. The molecule has 2 unspecified atom stereocenters. The van der Waals surface area contributed by atoms with Crippen molar-refractivity contribution in [3.63, 3.8) is 0 Å². The average molecular weight is 258 g/mol. The number of ether oxygens (including phenoxy) is 1. The first-order valence-corrected chi connectivity index (χ1v) is 6.57. The number of aryl methyl sites for hydroxylation is 1. The van der Waals surface area contributed by atoms with Gasteiger partial charge in [0.2, 0.25) is 0 Å². The molecule has 1 aliphatic heterocycles.